The normalized spacial score (nSPS) is 17.3. The van der Waals surface area contributed by atoms with Gasteiger partial charge in [0.15, 0.2) is 0 Å². The molecule has 0 aromatic heterocycles. The molecule has 1 aliphatic heterocycles. The van der Waals surface area contributed by atoms with Crippen molar-refractivity contribution in [3.8, 4) is 0 Å². The average molecular weight is 285 g/mol. The summed E-state index contributed by atoms with van der Waals surface area (Å²) in [7, 11) is -3.60. The first-order valence-electron chi connectivity index (χ1n) is 5.96. The zero-order valence-corrected chi connectivity index (χ0v) is 11.0. The maximum absolute atomic E-state index is 12.1. The molecule has 1 aromatic carbocycles. The van der Waals surface area contributed by atoms with Crippen LogP contribution in [0, 0.1) is 10.1 Å². The summed E-state index contributed by atoms with van der Waals surface area (Å²) in [6.45, 7) is 1.57. The Bertz CT molecular complexity index is 550. The Morgan fingerprint density at radius 1 is 1.21 bits per heavy atom. The van der Waals surface area contributed by atoms with Gasteiger partial charge in [0, 0.05) is 18.2 Å². The summed E-state index contributed by atoms with van der Waals surface area (Å²) < 4.78 is 26.8. The third-order valence-electron chi connectivity index (χ3n) is 3.02. The molecule has 1 saturated heterocycles. The van der Waals surface area contributed by atoms with E-state index >= 15 is 0 Å². The van der Waals surface area contributed by atoms with E-state index in [-0.39, 0.29) is 16.6 Å². The molecule has 0 amide bonds. The van der Waals surface area contributed by atoms with Gasteiger partial charge in [-0.15, -0.1) is 0 Å². The molecule has 0 radical (unpaired) electrons. The van der Waals surface area contributed by atoms with E-state index in [1.165, 1.54) is 24.3 Å². The van der Waals surface area contributed by atoms with Crippen molar-refractivity contribution in [1.29, 1.82) is 0 Å². The molecule has 0 saturated carbocycles. The van der Waals surface area contributed by atoms with Crippen molar-refractivity contribution in [1.82, 2.24) is 10.0 Å². The second kappa shape index (κ2) is 5.64. The quantitative estimate of drug-likeness (QED) is 0.624. The van der Waals surface area contributed by atoms with E-state index in [2.05, 4.69) is 10.0 Å². The molecule has 0 spiro atoms. The van der Waals surface area contributed by atoms with Gasteiger partial charge in [0.2, 0.25) is 10.0 Å². The van der Waals surface area contributed by atoms with Crippen LogP contribution in [-0.2, 0) is 10.0 Å². The molecule has 2 N–H and O–H groups in total. The van der Waals surface area contributed by atoms with Crippen LogP contribution in [0.3, 0.4) is 0 Å². The van der Waals surface area contributed by atoms with Gasteiger partial charge in [0.1, 0.15) is 0 Å². The van der Waals surface area contributed by atoms with Crippen molar-refractivity contribution >= 4 is 15.7 Å². The van der Waals surface area contributed by atoms with Crippen LogP contribution in [0.25, 0.3) is 0 Å². The predicted molar refractivity (Wildman–Crippen MR) is 69.3 cm³/mol. The fraction of sp³-hybridized carbons (Fsp3) is 0.455. The Hall–Kier alpha value is -1.51. The van der Waals surface area contributed by atoms with E-state index in [9.17, 15) is 18.5 Å². The smallest absolute Gasteiger partial charge is 0.269 e. The van der Waals surface area contributed by atoms with Crippen LogP contribution in [0.5, 0.6) is 0 Å². The third-order valence-corrected chi connectivity index (χ3v) is 4.56. The lowest BCUT2D eigenvalue weighted by molar-refractivity contribution is -0.384. The minimum Gasteiger partial charge on any atom is -0.317 e. The Balaban J connectivity index is 2.12. The monoisotopic (exact) mass is 285 g/mol. The highest BCUT2D eigenvalue weighted by molar-refractivity contribution is 7.89. The summed E-state index contributed by atoms with van der Waals surface area (Å²) in [6, 6.07) is 4.80. The maximum Gasteiger partial charge on any atom is 0.269 e. The number of nitro benzene ring substituents is 1. The van der Waals surface area contributed by atoms with E-state index < -0.39 is 14.9 Å². The molecule has 0 bridgehead atoms. The zero-order chi connectivity index (χ0) is 13.9. The topological polar surface area (TPSA) is 101 Å². The first kappa shape index (κ1) is 13.9. The van der Waals surface area contributed by atoms with Crippen LogP contribution in [0.1, 0.15) is 12.8 Å². The second-order valence-electron chi connectivity index (χ2n) is 4.40. The molecule has 8 heteroatoms. The third kappa shape index (κ3) is 3.49. The zero-order valence-electron chi connectivity index (χ0n) is 10.2. The number of rotatable bonds is 4. The lowest BCUT2D eigenvalue weighted by atomic mass is 10.1. The molecule has 0 atom stereocenters. The minimum absolute atomic E-state index is 0.0524. The van der Waals surface area contributed by atoms with Crippen LogP contribution < -0.4 is 10.0 Å². The summed E-state index contributed by atoms with van der Waals surface area (Å²) in [5.74, 6) is 0. The standard InChI is InChI=1S/C11H15N3O4S/c15-14(16)10-1-3-11(4-2-10)19(17,18)13-9-5-7-12-8-6-9/h1-4,9,12-13H,5-8H2. The first-order chi connectivity index (χ1) is 8.99. The molecule has 1 aliphatic rings. The second-order valence-corrected chi connectivity index (χ2v) is 6.11. The lowest BCUT2D eigenvalue weighted by Gasteiger charge is -2.23. The van der Waals surface area contributed by atoms with Crippen molar-refractivity contribution in [3.05, 3.63) is 34.4 Å². The van der Waals surface area contributed by atoms with Crippen LogP contribution in [-0.4, -0.2) is 32.5 Å². The number of hydrogen-bond acceptors (Lipinski definition) is 5. The van der Waals surface area contributed by atoms with Gasteiger partial charge in [0.05, 0.1) is 9.82 Å². The van der Waals surface area contributed by atoms with Gasteiger partial charge in [0.25, 0.3) is 5.69 Å². The minimum atomic E-state index is -3.60. The molecular formula is C11H15N3O4S. The molecule has 104 valence electrons. The molecule has 1 fully saturated rings. The molecule has 7 nitrogen and oxygen atoms in total. The number of nitrogens with zero attached hydrogens (tertiary/aromatic N) is 1. The van der Waals surface area contributed by atoms with Gasteiger partial charge in [-0.05, 0) is 38.1 Å². The average Bonchev–Trinajstić information content (AvgIpc) is 2.39. The predicted octanol–water partition coefficient (Wildman–Crippen LogP) is 0.625. The number of sulfonamides is 1. The molecule has 0 unspecified atom stereocenters. The Kier molecular flexibility index (Phi) is 4.13. The number of nitro groups is 1. The van der Waals surface area contributed by atoms with E-state index in [1.807, 2.05) is 0 Å². The van der Waals surface area contributed by atoms with Crippen molar-refractivity contribution < 1.29 is 13.3 Å². The number of nitrogens with one attached hydrogen (secondary N) is 2. The summed E-state index contributed by atoms with van der Waals surface area (Å²) in [5.41, 5.74) is -0.124. The van der Waals surface area contributed by atoms with Gasteiger partial charge in [-0.2, -0.15) is 0 Å². The van der Waals surface area contributed by atoms with Gasteiger partial charge in [-0.3, -0.25) is 10.1 Å². The van der Waals surface area contributed by atoms with Gasteiger partial charge >= 0.3 is 0 Å². The summed E-state index contributed by atoms with van der Waals surface area (Å²) in [5, 5.41) is 13.7. The van der Waals surface area contributed by atoms with Crippen molar-refractivity contribution in [2.75, 3.05) is 13.1 Å². The Morgan fingerprint density at radius 3 is 2.32 bits per heavy atom. The van der Waals surface area contributed by atoms with Crippen LogP contribution in [0.4, 0.5) is 5.69 Å². The molecular weight excluding hydrogens is 270 g/mol. The van der Waals surface area contributed by atoms with Crippen LogP contribution >= 0.6 is 0 Å². The van der Waals surface area contributed by atoms with Gasteiger partial charge in [-0.25, -0.2) is 13.1 Å². The van der Waals surface area contributed by atoms with E-state index in [1.54, 1.807) is 0 Å². The lowest BCUT2D eigenvalue weighted by Crippen LogP contribution is -2.42. The molecule has 1 aromatic rings. The van der Waals surface area contributed by atoms with Crippen LogP contribution in [0.15, 0.2) is 29.2 Å². The number of benzene rings is 1. The summed E-state index contributed by atoms with van der Waals surface area (Å²) in [4.78, 5) is 10.0. The van der Waals surface area contributed by atoms with Crippen LogP contribution in [0.2, 0.25) is 0 Å². The maximum atomic E-state index is 12.1. The summed E-state index contributed by atoms with van der Waals surface area (Å²) in [6.07, 6.45) is 1.48. The molecule has 2 rings (SSSR count). The summed E-state index contributed by atoms with van der Waals surface area (Å²) >= 11 is 0. The Labute approximate surface area is 111 Å². The van der Waals surface area contributed by atoms with Gasteiger partial charge < -0.3 is 5.32 Å². The highest BCUT2D eigenvalue weighted by Gasteiger charge is 2.22. The largest absolute Gasteiger partial charge is 0.317 e. The first-order valence-corrected chi connectivity index (χ1v) is 7.45. The fourth-order valence-electron chi connectivity index (χ4n) is 1.97. The number of piperidine rings is 1. The van der Waals surface area contributed by atoms with E-state index in [4.69, 9.17) is 0 Å². The van der Waals surface area contributed by atoms with Crippen molar-refractivity contribution in [2.24, 2.45) is 0 Å². The fourth-order valence-corrected chi connectivity index (χ4v) is 3.28. The van der Waals surface area contributed by atoms with Gasteiger partial charge in [-0.1, -0.05) is 0 Å². The number of hydrogen-bond donors (Lipinski definition) is 2. The molecule has 19 heavy (non-hydrogen) atoms. The number of non-ortho nitro benzene ring substituents is 1. The molecule has 1 heterocycles. The molecule has 0 aliphatic carbocycles. The van der Waals surface area contributed by atoms with E-state index in [0.717, 1.165) is 25.9 Å². The van der Waals surface area contributed by atoms with Crippen molar-refractivity contribution in [2.45, 2.75) is 23.8 Å². The SMILES string of the molecule is O=[N+]([O-])c1ccc(S(=O)(=O)NC2CCNCC2)cc1. The highest BCUT2D eigenvalue weighted by Crippen LogP contribution is 2.17. The van der Waals surface area contributed by atoms with E-state index in [0.29, 0.717) is 0 Å². The van der Waals surface area contributed by atoms with Crippen molar-refractivity contribution in [3.63, 3.8) is 0 Å². The highest BCUT2D eigenvalue weighted by atomic mass is 32.2. The Morgan fingerprint density at radius 2 is 1.79 bits per heavy atom.